The third-order valence-electron chi connectivity index (χ3n) is 3.45. The average molecular weight is 423 g/mol. The van der Waals surface area contributed by atoms with E-state index < -0.39 is 33.2 Å². The quantitative estimate of drug-likeness (QED) is 0.717. The highest BCUT2D eigenvalue weighted by Gasteiger charge is 2.32. The minimum absolute atomic E-state index is 0.0433. The molecular weight excluding hydrogens is 409 g/mol. The van der Waals surface area contributed by atoms with Crippen molar-refractivity contribution < 1.29 is 26.4 Å². The summed E-state index contributed by atoms with van der Waals surface area (Å²) in [6.45, 7) is 1.38. The Morgan fingerprint density at radius 1 is 1.30 bits per heavy atom. The molecule has 7 nitrogen and oxygen atoms in total. The third kappa shape index (κ3) is 4.66. The molecule has 0 atom stereocenters. The van der Waals surface area contributed by atoms with E-state index >= 15 is 0 Å². The first kappa shape index (κ1) is 20.9. The van der Waals surface area contributed by atoms with Gasteiger partial charge in [-0.15, -0.1) is 0 Å². The van der Waals surface area contributed by atoms with Crippen LogP contribution in [-0.4, -0.2) is 37.1 Å². The van der Waals surface area contributed by atoms with Gasteiger partial charge in [0.15, 0.2) is 9.84 Å². The van der Waals surface area contributed by atoms with Crippen LogP contribution in [0.15, 0.2) is 29.3 Å². The Balaban J connectivity index is 2.51. The van der Waals surface area contributed by atoms with E-state index in [0.717, 1.165) is 6.07 Å². The summed E-state index contributed by atoms with van der Waals surface area (Å²) in [5.41, 5.74) is -1.90. The number of hydrogen-bond acceptors (Lipinski definition) is 6. The monoisotopic (exact) mass is 422 g/mol. The van der Waals surface area contributed by atoms with E-state index in [1.807, 2.05) is 0 Å². The molecular formula is C15H14ClF3N4O3S. The van der Waals surface area contributed by atoms with Crippen LogP contribution in [0.5, 0.6) is 0 Å². The molecule has 2 aromatic heterocycles. The van der Waals surface area contributed by atoms with Crippen molar-refractivity contribution in [1.29, 1.82) is 0 Å². The maximum atomic E-state index is 12.9. The molecule has 0 aliphatic heterocycles. The van der Waals surface area contributed by atoms with Crippen LogP contribution < -0.4 is 10.6 Å². The number of nitrogens with one attached hydrogen (secondary N) is 2. The van der Waals surface area contributed by atoms with Crippen molar-refractivity contribution in [3.05, 3.63) is 40.8 Å². The summed E-state index contributed by atoms with van der Waals surface area (Å²) >= 11 is 5.74. The molecule has 0 aromatic carbocycles. The molecule has 2 N–H and O–H groups in total. The van der Waals surface area contributed by atoms with Crippen molar-refractivity contribution in [2.75, 3.05) is 23.4 Å². The number of anilines is 2. The molecule has 0 radical (unpaired) electrons. The molecule has 1 amide bonds. The SMILES string of the molecule is CCS(=O)(=O)c1ccc(Cl)nc1C(=O)Nc1cc(C(F)(F)F)cnc1NC. The molecule has 12 heteroatoms. The zero-order valence-corrected chi connectivity index (χ0v) is 15.6. The number of alkyl halides is 3. The zero-order chi connectivity index (χ0) is 20.4. The van der Waals surface area contributed by atoms with Crippen molar-refractivity contribution in [3.63, 3.8) is 0 Å². The van der Waals surface area contributed by atoms with Crippen LogP contribution >= 0.6 is 11.6 Å². The van der Waals surface area contributed by atoms with Crippen LogP contribution in [0.3, 0.4) is 0 Å². The second-order valence-corrected chi connectivity index (χ2v) is 7.84. The topological polar surface area (TPSA) is 101 Å². The zero-order valence-electron chi connectivity index (χ0n) is 14.1. The number of pyridine rings is 2. The maximum Gasteiger partial charge on any atom is 0.417 e. The van der Waals surface area contributed by atoms with E-state index in [-0.39, 0.29) is 27.3 Å². The standard InChI is InChI=1S/C15H14ClF3N4O3S/c1-3-27(25,26)10-4-5-11(16)23-12(10)14(24)22-9-6-8(15(17,18)19)7-21-13(9)20-2/h4-7H,3H2,1-2H3,(H,20,21)(H,22,24). The van der Waals surface area contributed by atoms with Gasteiger partial charge in [0.05, 0.1) is 21.9 Å². The summed E-state index contributed by atoms with van der Waals surface area (Å²) in [5, 5.41) is 4.60. The molecule has 0 spiro atoms. The van der Waals surface area contributed by atoms with Gasteiger partial charge in [-0.2, -0.15) is 13.2 Å². The Kier molecular flexibility index (Phi) is 5.95. The Labute approximate surface area is 157 Å². The summed E-state index contributed by atoms with van der Waals surface area (Å²) in [7, 11) is -2.42. The van der Waals surface area contributed by atoms with Crippen LogP contribution in [-0.2, 0) is 16.0 Å². The van der Waals surface area contributed by atoms with Crippen molar-refractivity contribution in [2.45, 2.75) is 18.0 Å². The van der Waals surface area contributed by atoms with Gasteiger partial charge in [0.1, 0.15) is 16.7 Å². The molecule has 0 saturated heterocycles. The molecule has 0 saturated carbocycles. The Morgan fingerprint density at radius 2 is 1.96 bits per heavy atom. The fourth-order valence-electron chi connectivity index (χ4n) is 2.09. The van der Waals surface area contributed by atoms with Crippen molar-refractivity contribution in [3.8, 4) is 0 Å². The number of aromatic nitrogens is 2. The highest BCUT2D eigenvalue weighted by atomic mass is 35.5. The predicted octanol–water partition coefficient (Wildman–Crippen LogP) is 3.24. The van der Waals surface area contributed by atoms with E-state index in [0.29, 0.717) is 12.3 Å². The van der Waals surface area contributed by atoms with Gasteiger partial charge in [0, 0.05) is 13.2 Å². The van der Waals surface area contributed by atoms with Crippen molar-refractivity contribution in [2.24, 2.45) is 0 Å². The molecule has 146 valence electrons. The van der Waals surface area contributed by atoms with Crippen LogP contribution in [0.25, 0.3) is 0 Å². The molecule has 0 bridgehead atoms. The maximum absolute atomic E-state index is 12.9. The summed E-state index contributed by atoms with van der Waals surface area (Å²) in [4.78, 5) is 19.5. The van der Waals surface area contributed by atoms with E-state index in [1.54, 1.807) is 0 Å². The van der Waals surface area contributed by atoms with Gasteiger partial charge in [0.25, 0.3) is 5.91 Å². The molecule has 0 aliphatic rings. The van der Waals surface area contributed by atoms with Gasteiger partial charge in [-0.05, 0) is 18.2 Å². The van der Waals surface area contributed by atoms with E-state index in [2.05, 4.69) is 20.6 Å². The minimum atomic E-state index is -4.68. The fourth-order valence-corrected chi connectivity index (χ4v) is 3.25. The van der Waals surface area contributed by atoms with Crippen LogP contribution in [0, 0.1) is 0 Å². The molecule has 0 aliphatic carbocycles. The second-order valence-electron chi connectivity index (χ2n) is 5.21. The Bertz CT molecular complexity index is 981. The number of hydrogen-bond donors (Lipinski definition) is 2. The lowest BCUT2D eigenvalue weighted by molar-refractivity contribution is -0.137. The van der Waals surface area contributed by atoms with Gasteiger partial charge in [-0.1, -0.05) is 18.5 Å². The van der Waals surface area contributed by atoms with Gasteiger partial charge >= 0.3 is 6.18 Å². The predicted molar refractivity (Wildman–Crippen MR) is 93.7 cm³/mol. The summed E-state index contributed by atoms with van der Waals surface area (Å²) in [5.74, 6) is -1.39. The van der Waals surface area contributed by atoms with Gasteiger partial charge in [-0.3, -0.25) is 4.79 Å². The number of nitrogens with zero attached hydrogens (tertiary/aromatic N) is 2. The smallest absolute Gasteiger partial charge is 0.371 e. The molecule has 0 fully saturated rings. The fraction of sp³-hybridized carbons (Fsp3) is 0.267. The van der Waals surface area contributed by atoms with Gasteiger partial charge in [0.2, 0.25) is 0 Å². The molecule has 2 rings (SSSR count). The van der Waals surface area contributed by atoms with Crippen LogP contribution in [0.1, 0.15) is 23.0 Å². The number of carbonyl (C=O) groups excluding carboxylic acids is 1. The summed E-state index contributed by atoms with van der Waals surface area (Å²) < 4.78 is 63.0. The first-order valence-electron chi connectivity index (χ1n) is 7.45. The Hall–Kier alpha value is -2.40. The van der Waals surface area contributed by atoms with E-state index in [9.17, 15) is 26.4 Å². The highest BCUT2D eigenvalue weighted by Crippen LogP contribution is 2.33. The minimum Gasteiger partial charge on any atom is -0.371 e. The number of halogens is 4. The molecule has 2 heterocycles. The second kappa shape index (κ2) is 7.69. The molecule has 27 heavy (non-hydrogen) atoms. The summed E-state index contributed by atoms with van der Waals surface area (Å²) in [6, 6.07) is 2.99. The number of rotatable bonds is 5. The largest absolute Gasteiger partial charge is 0.417 e. The normalized spacial score (nSPS) is 11.9. The lowest BCUT2D eigenvalue weighted by Gasteiger charge is -2.14. The molecule has 2 aromatic rings. The number of amides is 1. The number of sulfone groups is 1. The first-order valence-corrected chi connectivity index (χ1v) is 9.48. The summed E-state index contributed by atoms with van der Waals surface area (Å²) in [6.07, 6.45) is -4.07. The van der Waals surface area contributed by atoms with Gasteiger partial charge in [-0.25, -0.2) is 18.4 Å². The van der Waals surface area contributed by atoms with Crippen molar-refractivity contribution in [1.82, 2.24) is 9.97 Å². The lowest BCUT2D eigenvalue weighted by atomic mass is 10.2. The Morgan fingerprint density at radius 3 is 2.52 bits per heavy atom. The highest BCUT2D eigenvalue weighted by molar-refractivity contribution is 7.91. The average Bonchev–Trinajstić information content (AvgIpc) is 2.60. The number of carbonyl (C=O) groups is 1. The van der Waals surface area contributed by atoms with E-state index in [1.165, 1.54) is 20.0 Å². The van der Waals surface area contributed by atoms with Crippen LogP contribution in [0.2, 0.25) is 5.15 Å². The van der Waals surface area contributed by atoms with Gasteiger partial charge < -0.3 is 10.6 Å². The van der Waals surface area contributed by atoms with Crippen molar-refractivity contribution >= 4 is 38.9 Å². The van der Waals surface area contributed by atoms with Crippen LogP contribution in [0.4, 0.5) is 24.7 Å². The lowest BCUT2D eigenvalue weighted by Crippen LogP contribution is -2.20. The van der Waals surface area contributed by atoms with E-state index in [4.69, 9.17) is 11.6 Å². The molecule has 0 unspecified atom stereocenters. The first-order chi connectivity index (χ1) is 12.5. The third-order valence-corrected chi connectivity index (χ3v) is 5.42.